The summed E-state index contributed by atoms with van der Waals surface area (Å²) in [6.45, 7) is 36.8. The summed E-state index contributed by atoms with van der Waals surface area (Å²) >= 11 is 0. The lowest BCUT2D eigenvalue weighted by Gasteiger charge is -2.59. The van der Waals surface area contributed by atoms with Crippen LogP contribution in [0.5, 0.6) is 0 Å². The van der Waals surface area contributed by atoms with Crippen molar-refractivity contribution in [3.8, 4) is 0 Å². The van der Waals surface area contributed by atoms with Crippen LogP contribution in [0.4, 0.5) is 0 Å². The minimum atomic E-state index is -1.38. The molecule has 520 valence electrons. The summed E-state index contributed by atoms with van der Waals surface area (Å²) in [6, 6.07) is 0. The highest BCUT2D eigenvalue weighted by molar-refractivity contribution is 5.80. The largest absolute Gasteiger partial charge is 0.464 e. The van der Waals surface area contributed by atoms with E-state index in [1.54, 1.807) is 22.3 Å². The van der Waals surface area contributed by atoms with Gasteiger partial charge in [-0.1, -0.05) is 155 Å². The van der Waals surface area contributed by atoms with Gasteiger partial charge in [0.2, 0.25) is 0 Å². The Morgan fingerprint density at radius 3 is 0.731 bits per heavy atom. The van der Waals surface area contributed by atoms with E-state index in [4.69, 9.17) is 18.9 Å². The number of fused-ring (bicyclic) bond motifs is 12. The first-order chi connectivity index (χ1) is 43.9. The van der Waals surface area contributed by atoms with Crippen molar-refractivity contribution in [1.82, 2.24) is 0 Å². The Bertz CT molecular complexity index is 2550. The molecule has 0 aliphatic heterocycles. The summed E-state index contributed by atoms with van der Waals surface area (Å²) in [7, 11) is 0. The van der Waals surface area contributed by atoms with Gasteiger partial charge in [-0.15, -0.1) is 0 Å². The molecule has 0 radical (unpaired) electrons. The molecule has 20 atom stereocenters. The Kier molecular flexibility index (Phi) is 19.4. The minimum Gasteiger partial charge on any atom is -0.464 e. The van der Waals surface area contributed by atoms with Gasteiger partial charge in [-0.3, -0.25) is 19.2 Å². The zero-order chi connectivity index (χ0) is 66.6. The highest BCUT2D eigenvalue weighted by Crippen LogP contribution is 2.69. The van der Waals surface area contributed by atoms with Crippen molar-refractivity contribution in [2.75, 3.05) is 26.4 Å². The van der Waals surface area contributed by atoms with Gasteiger partial charge in [0.05, 0.1) is 21.7 Å². The lowest BCUT2D eigenvalue weighted by atomic mass is 9.45. The van der Waals surface area contributed by atoms with Crippen molar-refractivity contribution in [1.29, 1.82) is 0 Å². The first-order valence-corrected chi connectivity index (χ1v) is 39.4. The fourth-order valence-corrected chi connectivity index (χ4v) is 26.1. The Hall–Kier alpha value is -3.16. The molecule has 12 aliphatic rings. The van der Waals surface area contributed by atoms with Gasteiger partial charge >= 0.3 is 23.9 Å². The average Bonchev–Trinajstić information content (AvgIpc) is 0.747. The van der Waals surface area contributed by atoms with E-state index in [-0.39, 0.29) is 95.6 Å². The lowest BCUT2D eigenvalue weighted by molar-refractivity contribution is -0.197. The molecule has 0 saturated heterocycles. The maximum absolute atomic E-state index is 15.9. The summed E-state index contributed by atoms with van der Waals surface area (Å²) in [5.74, 6) is 6.37. The zero-order valence-corrected chi connectivity index (χ0v) is 61.9. The molecule has 93 heavy (non-hydrogen) atoms. The molecular weight excluding hydrogens is 1150 g/mol. The number of hydrogen-bond donors (Lipinski definition) is 0. The molecule has 0 aromatic heterocycles. The van der Waals surface area contributed by atoms with E-state index in [2.05, 4.69) is 135 Å². The van der Waals surface area contributed by atoms with Gasteiger partial charge in [-0.25, -0.2) is 0 Å². The molecule has 0 aromatic rings. The van der Waals surface area contributed by atoms with Gasteiger partial charge in [0.25, 0.3) is 0 Å². The fourth-order valence-electron chi connectivity index (χ4n) is 26.1. The third-order valence-electron chi connectivity index (χ3n) is 32.0. The Balaban J connectivity index is 0.884. The monoisotopic (exact) mass is 1280 g/mol. The van der Waals surface area contributed by atoms with Gasteiger partial charge in [-0.05, 0) is 298 Å². The van der Waals surface area contributed by atoms with Crippen molar-refractivity contribution >= 4 is 23.9 Å². The van der Waals surface area contributed by atoms with Crippen molar-refractivity contribution < 1.29 is 38.1 Å². The van der Waals surface area contributed by atoms with Crippen LogP contribution in [0.15, 0.2) is 46.6 Å². The molecule has 20 unspecified atom stereocenters. The van der Waals surface area contributed by atoms with Gasteiger partial charge in [-0.2, -0.15) is 0 Å². The molecular formula is C85H132O8. The second kappa shape index (κ2) is 25.9. The summed E-state index contributed by atoms with van der Waals surface area (Å²) < 4.78 is 28.2. The first kappa shape index (κ1) is 69.7. The first-order valence-electron chi connectivity index (χ1n) is 39.4. The smallest absolute Gasteiger partial charge is 0.312 e. The van der Waals surface area contributed by atoms with Crippen molar-refractivity contribution in [3.63, 3.8) is 0 Å². The number of carbonyl (C=O) groups is 4. The van der Waals surface area contributed by atoms with Crippen LogP contribution in [-0.2, 0) is 38.1 Å². The second-order valence-corrected chi connectivity index (χ2v) is 38.4. The molecule has 0 aromatic carbocycles. The third-order valence-corrected chi connectivity index (χ3v) is 32.0. The quantitative estimate of drug-likeness (QED) is 0.0855. The van der Waals surface area contributed by atoms with Crippen LogP contribution in [0.2, 0.25) is 0 Å². The van der Waals surface area contributed by atoms with Crippen LogP contribution in [0, 0.1) is 143 Å². The van der Waals surface area contributed by atoms with Gasteiger partial charge in [0, 0.05) is 0 Å². The van der Waals surface area contributed by atoms with Crippen LogP contribution >= 0.6 is 0 Å². The van der Waals surface area contributed by atoms with E-state index in [9.17, 15) is 0 Å². The van der Waals surface area contributed by atoms with Crippen LogP contribution in [0.25, 0.3) is 0 Å². The van der Waals surface area contributed by atoms with Gasteiger partial charge < -0.3 is 18.9 Å². The fraction of sp³-hybridized carbons (Fsp3) is 0.859. The molecule has 0 amide bonds. The van der Waals surface area contributed by atoms with Crippen LogP contribution < -0.4 is 0 Å². The molecule has 8 nitrogen and oxygen atoms in total. The third kappa shape index (κ3) is 11.9. The molecule has 8 saturated carbocycles. The van der Waals surface area contributed by atoms with Crippen LogP contribution in [-0.4, -0.2) is 50.3 Å². The highest BCUT2D eigenvalue weighted by atomic mass is 16.6. The van der Waals surface area contributed by atoms with Crippen LogP contribution in [0.3, 0.4) is 0 Å². The molecule has 0 spiro atoms. The molecule has 12 rings (SSSR count). The number of rotatable bonds is 16. The maximum Gasteiger partial charge on any atom is 0.312 e. The Morgan fingerprint density at radius 2 is 0.538 bits per heavy atom. The minimum absolute atomic E-state index is 0.0378. The van der Waals surface area contributed by atoms with Crippen LogP contribution in [0.1, 0.15) is 291 Å². The highest BCUT2D eigenvalue weighted by Gasteiger charge is 2.64. The zero-order valence-electron chi connectivity index (χ0n) is 61.9. The summed E-state index contributed by atoms with van der Waals surface area (Å²) in [6.07, 6.45) is 39.0. The molecule has 8 heteroatoms. The number of hydrogen-bond acceptors (Lipinski definition) is 8. The maximum atomic E-state index is 15.9. The number of ether oxygens (including phenoxy) is 4. The second-order valence-electron chi connectivity index (χ2n) is 38.4. The molecule has 12 aliphatic carbocycles. The predicted octanol–water partition coefficient (Wildman–Crippen LogP) is 21.0. The van der Waals surface area contributed by atoms with E-state index in [1.165, 1.54) is 51.4 Å². The van der Waals surface area contributed by atoms with E-state index in [0.717, 1.165) is 128 Å². The van der Waals surface area contributed by atoms with E-state index in [0.29, 0.717) is 71.0 Å². The standard InChI is InChI=1S/C85H132O8/c1-53(2)57-21-29-65-61(45-57)25-33-69-77(65,9)37-17-41-81(69,13)73(86)90-49-85(50-91-74(87)82(14)42-18-38-78(10)66-30-22-58(54(3)4)46-62(66)26-34-70(78)82,51-92-75(88)83(15)43-19-39-79(11)67-31-23-59(55(5)6)47-63(67)27-35-71(79)83)52-93-76(89)84(16)44-20-40-80(12)68-32-24-60(56(7)8)48-64(68)28-36-72(80)84/h45-48,53-60,65-72H,17-44,49-52H2,1-16H3. The SMILES string of the molecule is CC(C)C1C=C2CCC3C(C)(C(=O)OCC(COC(=O)C4(C)CCCC5(C)C6CCC(C(C)C)C=C6CCC45)(COC(=O)C4(C)CCCC5(C)C6CCC(C(C)C)C=C6CCC45)COC(=O)C4(C)CCCC5(C)C6CCC(C(C)C)C=C6CCC45)CCCC3(C)C2CC1. The van der Waals surface area contributed by atoms with Gasteiger partial charge in [0.1, 0.15) is 31.8 Å². The Labute approximate surface area is 566 Å². The van der Waals surface area contributed by atoms with Crippen molar-refractivity contribution in [2.24, 2.45) is 143 Å². The Morgan fingerprint density at radius 1 is 0.333 bits per heavy atom. The van der Waals surface area contributed by atoms with E-state index < -0.39 is 27.1 Å². The van der Waals surface area contributed by atoms with Gasteiger partial charge in [0.15, 0.2) is 0 Å². The summed E-state index contributed by atoms with van der Waals surface area (Å²) in [4.78, 5) is 63.6. The number of esters is 4. The molecule has 0 N–H and O–H groups in total. The lowest BCUT2D eigenvalue weighted by Crippen LogP contribution is -2.57. The predicted molar refractivity (Wildman–Crippen MR) is 374 cm³/mol. The molecule has 8 fully saturated rings. The number of carbonyl (C=O) groups excluding carboxylic acids is 4. The summed E-state index contributed by atoms with van der Waals surface area (Å²) in [5, 5.41) is 0. The molecule has 0 heterocycles. The van der Waals surface area contributed by atoms with Crippen molar-refractivity contribution in [3.05, 3.63) is 46.6 Å². The average molecular weight is 1280 g/mol. The summed E-state index contributed by atoms with van der Waals surface area (Å²) in [5.41, 5.74) is 1.91. The van der Waals surface area contributed by atoms with E-state index in [1.807, 2.05) is 0 Å². The molecule has 0 bridgehead atoms. The van der Waals surface area contributed by atoms with E-state index >= 15 is 19.2 Å². The number of allylic oxidation sites excluding steroid dienone is 8. The van der Waals surface area contributed by atoms with Crippen molar-refractivity contribution in [2.45, 2.75) is 291 Å². The normalized spacial score (nSPS) is 44.3. The topological polar surface area (TPSA) is 105 Å².